The monoisotopic (exact) mass is 854 g/mol. The Morgan fingerprint density at radius 1 is 0.424 bits per heavy atom. The molecule has 5 nitrogen and oxygen atoms in total. The molecule has 0 saturated carbocycles. The van der Waals surface area contributed by atoms with Crippen LogP contribution in [0.1, 0.15) is 51.3 Å². The highest BCUT2D eigenvalue weighted by atomic mass is 16.3. The van der Waals surface area contributed by atoms with Crippen molar-refractivity contribution in [2.45, 2.75) is 45.4 Å². The molecule has 0 aliphatic rings. The van der Waals surface area contributed by atoms with Crippen molar-refractivity contribution < 1.29 is 5.11 Å². The van der Waals surface area contributed by atoms with E-state index in [9.17, 15) is 5.11 Å². The van der Waals surface area contributed by atoms with Crippen LogP contribution in [0.3, 0.4) is 0 Å². The molecule has 5 heteroatoms. The van der Waals surface area contributed by atoms with E-state index in [1.165, 1.54) is 16.7 Å². The summed E-state index contributed by atoms with van der Waals surface area (Å²) >= 11 is 0. The molecule has 3 heterocycles. The molecule has 0 bridgehead atoms. The molecule has 0 aliphatic heterocycles. The summed E-state index contributed by atoms with van der Waals surface area (Å²) in [6.45, 7) is 11.3. The SMILES string of the molecule is CC(C)(C)c1cc(-c2cc(-c3ccc(C(C)(C)c4ccccc4)cc3)ccn2)cc(-c2cccc3c2nc(-c2cc4c5ccccc5n(-c5ccccc5)c4cc2O)n3-c2ccccc2)c1. The highest BCUT2D eigenvalue weighted by Crippen LogP contribution is 2.43. The standard InChI is InChI=1S/C61H50N4O/c1-60(2,3)46-35-42(34-43(36-46)53-37-41(32-33-62-53)40-28-30-45(31-29-40)61(4,5)44-18-9-6-10-19-44)49-25-17-27-55-58(49)63-59(65(55)48-22-13-8-14-23-48)52-38-51-50-24-15-16-26-54(50)64(56(51)39-57(52)66)47-20-11-7-12-21-47/h6-39,66H,1-5H3. The van der Waals surface area contributed by atoms with Crippen LogP contribution in [0.5, 0.6) is 5.75 Å². The second kappa shape index (κ2) is 15.9. The van der Waals surface area contributed by atoms with Gasteiger partial charge in [0.15, 0.2) is 0 Å². The lowest BCUT2D eigenvalue weighted by Crippen LogP contribution is -2.18. The van der Waals surface area contributed by atoms with Crippen molar-refractivity contribution in [1.82, 2.24) is 19.1 Å². The van der Waals surface area contributed by atoms with Crippen molar-refractivity contribution in [3.8, 4) is 62.0 Å². The second-order valence-electron chi connectivity index (χ2n) is 18.9. The third kappa shape index (κ3) is 7.05. The van der Waals surface area contributed by atoms with Gasteiger partial charge in [-0.3, -0.25) is 9.55 Å². The second-order valence-corrected chi connectivity index (χ2v) is 18.9. The van der Waals surface area contributed by atoms with Gasteiger partial charge in [-0.25, -0.2) is 4.98 Å². The summed E-state index contributed by atoms with van der Waals surface area (Å²) in [5.41, 5.74) is 16.2. The summed E-state index contributed by atoms with van der Waals surface area (Å²) in [5, 5.41) is 14.3. The van der Waals surface area contributed by atoms with Crippen LogP contribution in [0.2, 0.25) is 0 Å². The van der Waals surface area contributed by atoms with Gasteiger partial charge in [-0.15, -0.1) is 0 Å². The highest BCUT2D eigenvalue weighted by molar-refractivity contribution is 6.11. The number of fused-ring (bicyclic) bond motifs is 4. The molecule has 0 amide bonds. The Morgan fingerprint density at radius 3 is 1.76 bits per heavy atom. The normalized spacial score (nSPS) is 12.1. The molecule has 0 radical (unpaired) electrons. The smallest absolute Gasteiger partial charge is 0.149 e. The molecule has 0 atom stereocenters. The van der Waals surface area contributed by atoms with Crippen LogP contribution in [-0.2, 0) is 10.8 Å². The molecule has 11 rings (SSSR count). The highest BCUT2D eigenvalue weighted by Gasteiger charge is 2.25. The van der Waals surface area contributed by atoms with E-state index >= 15 is 0 Å². The Balaban J connectivity index is 1.06. The number of aromatic hydroxyl groups is 1. The van der Waals surface area contributed by atoms with E-state index in [0.717, 1.165) is 77.7 Å². The third-order valence-corrected chi connectivity index (χ3v) is 13.3. The summed E-state index contributed by atoms with van der Waals surface area (Å²) in [4.78, 5) is 10.5. The number of benzene rings is 8. The first-order valence-corrected chi connectivity index (χ1v) is 22.7. The molecule has 320 valence electrons. The minimum absolute atomic E-state index is 0.119. The molecule has 66 heavy (non-hydrogen) atoms. The van der Waals surface area contributed by atoms with E-state index in [0.29, 0.717) is 11.4 Å². The number of aromatic nitrogens is 4. The van der Waals surface area contributed by atoms with E-state index in [1.807, 2.05) is 48.7 Å². The number of pyridine rings is 1. The Kier molecular flexibility index (Phi) is 9.81. The lowest BCUT2D eigenvalue weighted by atomic mass is 9.78. The number of rotatable bonds is 8. The van der Waals surface area contributed by atoms with Crippen LogP contribution in [-0.4, -0.2) is 24.2 Å². The molecule has 0 spiro atoms. The fourth-order valence-electron chi connectivity index (χ4n) is 9.62. The van der Waals surface area contributed by atoms with E-state index < -0.39 is 0 Å². The molecule has 11 aromatic rings. The predicted octanol–water partition coefficient (Wildman–Crippen LogP) is 15.5. The summed E-state index contributed by atoms with van der Waals surface area (Å²) in [5.74, 6) is 0.827. The minimum atomic E-state index is -0.146. The Bertz CT molecular complexity index is 3580. The zero-order valence-electron chi connectivity index (χ0n) is 37.9. The van der Waals surface area contributed by atoms with Crippen molar-refractivity contribution in [2.24, 2.45) is 0 Å². The first kappa shape index (κ1) is 40.7. The van der Waals surface area contributed by atoms with Gasteiger partial charge in [-0.2, -0.15) is 0 Å². The Morgan fingerprint density at radius 2 is 1.05 bits per heavy atom. The first-order valence-electron chi connectivity index (χ1n) is 22.7. The van der Waals surface area contributed by atoms with E-state index in [1.54, 1.807) is 0 Å². The Hall–Kier alpha value is -8.02. The Labute approximate surface area is 386 Å². The summed E-state index contributed by atoms with van der Waals surface area (Å²) in [7, 11) is 0. The third-order valence-electron chi connectivity index (χ3n) is 13.3. The van der Waals surface area contributed by atoms with Crippen molar-refractivity contribution in [2.75, 3.05) is 0 Å². The number of phenols is 1. The van der Waals surface area contributed by atoms with Gasteiger partial charge in [0.1, 0.15) is 11.6 Å². The molecule has 8 aromatic carbocycles. The van der Waals surface area contributed by atoms with Crippen LogP contribution >= 0.6 is 0 Å². The van der Waals surface area contributed by atoms with Gasteiger partial charge in [0.25, 0.3) is 0 Å². The van der Waals surface area contributed by atoms with Crippen LogP contribution in [0.4, 0.5) is 0 Å². The van der Waals surface area contributed by atoms with Crippen molar-refractivity contribution >= 4 is 32.8 Å². The fourth-order valence-corrected chi connectivity index (χ4v) is 9.62. The predicted molar refractivity (Wildman–Crippen MR) is 274 cm³/mol. The molecule has 0 unspecified atom stereocenters. The van der Waals surface area contributed by atoms with Gasteiger partial charge in [0.2, 0.25) is 0 Å². The molecular formula is C61H50N4O. The van der Waals surface area contributed by atoms with Crippen molar-refractivity contribution in [3.05, 3.63) is 223 Å². The molecule has 0 aliphatic carbocycles. The lowest BCUT2D eigenvalue weighted by molar-refractivity contribution is 0.477. The van der Waals surface area contributed by atoms with Gasteiger partial charge in [-0.1, -0.05) is 162 Å². The largest absolute Gasteiger partial charge is 0.507 e. The van der Waals surface area contributed by atoms with Crippen LogP contribution < -0.4 is 0 Å². The van der Waals surface area contributed by atoms with Crippen molar-refractivity contribution in [3.63, 3.8) is 0 Å². The van der Waals surface area contributed by atoms with Gasteiger partial charge >= 0.3 is 0 Å². The molecule has 0 saturated heterocycles. The number of imidazole rings is 1. The number of hydrogen-bond acceptors (Lipinski definition) is 3. The fraction of sp³-hybridized carbons (Fsp3) is 0.115. The molecule has 0 fully saturated rings. The van der Waals surface area contributed by atoms with Gasteiger partial charge < -0.3 is 9.67 Å². The maximum Gasteiger partial charge on any atom is 0.149 e. The number of para-hydroxylation sites is 4. The van der Waals surface area contributed by atoms with Crippen LogP contribution in [0.25, 0.3) is 89.1 Å². The lowest BCUT2D eigenvalue weighted by Gasteiger charge is -2.26. The zero-order chi connectivity index (χ0) is 45.2. The van der Waals surface area contributed by atoms with Crippen LogP contribution in [0, 0.1) is 0 Å². The first-order chi connectivity index (χ1) is 32.0. The van der Waals surface area contributed by atoms with E-state index in [4.69, 9.17) is 9.97 Å². The molecule has 1 N–H and O–H groups in total. The maximum absolute atomic E-state index is 12.2. The van der Waals surface area contributed by atoms with Crippen LogP contribution in [0.15, 0.2) is 206 Å². The summed E-state index contributed by atoms with van der Waals surface area (Å²) in [6, 6.07) is 70.3. The molecule has 3 aromatic heterocycles. The minimum Gasteiger partial charge on any atom is -0.507 e. The number of nitrogens with zero attached hydrogens (tertiary/aromatic N) is 4. The number of hydrogen-bond donors (Lipinski definition) is 1. The average Bonchev–Trinajstić information content (AvgIpc) is 3.90. The quantitative estimate of drug-likeness (QED) is 0.166. The van der Waals surface area contributed by atoms with E-state index in [-0.39, 0.29) is 16.6 Å². The topological polar surface area (TPSA) is 55.9 Å². The number of phenolic OH excluding ortho intramolecular Hbond substituents is 1. The maximum atomic E-state index is 12.2. The van der Waals surface area contributed by atoms with Gasteiger partial charge in [0, 0.05) is 51.0 Å². The summed E-state index contributed by atoms with van der Waals surface area (Å²) in [6.07, 6.45) is 1.92. The van der Waals surface area contributed by atoms with Gasteiger partial charge in [0.05, 0.1) is 33.3 Å². The average molecular weight is 855 g/mol. The zero-order valence-corrected chi connectivity index (χ0v) is 37.9. The van der Waals surface area contributed by atoms with E-state index in [2.05, 4.69) is 201 Å². The van der Waals surface area contributed by atoms with Gasteiger partial charge in [-0.05, 0) is 106 Å². The summed E-state index contributed by atoms with van der Waals surface area (Å²) < 4.78 is 4.40. The molecular weight excluding hydrogens is 805 g/mol. The van der Waals surface area contributed by atoms with Crippen molar-refractivity contribution in [1.29, 1.82) is 0 Å².